The van der Waals surface area contributed by atoms with Gasteiger partial charge in [-0.3, -0.25) is 0 Å². The first-order valence-electron chi connectivity index (χ1n) is 6.51. The smallest absolute Gasteiger partial charge is 0.317 e. The lowest BCUT2D eigenvalue weighted by Crippen LogP contribution is -2.37. The minimum absolute atomic E-state index is 0.153. The third-order valence-electron chi connectivity index (χ3n) is 2.93. The van der Waals surface area contributed by atoms with Crippen molar-refractivity contribution in [1.29, 1.82) is 0 Å². The van der Waals surface area contributed by atoms with Gasteiger partial charge in [0.25, 0.3) is 0 Å². The number of carbonyl (C=O) groups excluding carboxylic acids is 1. The summed E-state index contributed by atoms with van der Waals surface area (Å²) in [6, 6.07) is 8.84. The van der Waals surface area contributed by atoms with Gasteiger partial charge < -0.3 is 14.6 Å². The van der Waals surface area contributed by atoms with Crippen LogP contribution in [0.25, 0.3) is 0 Å². The summed E-state index contributed by atoms with van der Waals surface area (Å²) in [7, 11) is 1.72. The third kappa shape index (κ3) is 4.99. The van der Waals surface area contributed by atoms with Gasteiger partial charge in [0.15, 0.2) is 0 Å². The van der Waals surface area contributed by atoms with E-state index in [0.717, 1.165) is 11.3 Å². The maximum atomic E-state index is 11.9. The van der Waals surface area contributed by atoms with Crippen molar-refractivity contribution >= 4 is 29.2 Å². The highest BCUT2D eigenvalue weighted by molar-refractivity contribution is 6.34. The molecule has 0 fully saturated rings. The van der Waals surface area contributed by atoms with Crippen molar-refractivity contribution in [2.45, 2.75) is 13.0 Å². The van der Waals surface area contributed by atoms with Gasteiger partial charge in [0, 0.05) is 23.6 Å². The SMILES string of the molecule is CN(Cc1ccco1)C(=O)NCCc1cc(Cl)cc(Cl)c1. The molecule has 1 N–H and O–H groups in total. The Balaban J connectivity index is 1.78. The second-order valence-corrected chi connectivity index (χ2v) is 5.57. The van der Waals surface area contributed by atoms with Gasteiger partial charge in [-0.25, -0.2) is 4.79 Å². The highest BCUT2D eigenvalue weighted by Crippen LogP contribution is 2.19. The van der Waals surface area contributed by atoms with E-state index < -0.39 is 0 Å². The molecule has 21 heavy (non-hydrogen) atoms. The van der Waals surface area contributed by atoms with E-state index in [4.69, 9.17) is 27.6 Å². The third-order valence-corrected chi connectivity index (χ3v) is 3.37. The fourth-order valence-corrected chi connectivity index (χ4v) is 2.48. The number of hydrogen-bond donors (Lipinski definition) is 1. The second-order valence-electron chi connectivity index (χ2n) is 4.70. The lowest BCUT2D eigenvalue weighted by molar-refractivity contribution is 0.203. The Bertz CT molecular complexity index is 579. The molecule has 2 rings (SSSR count). The van der Waals surface area contributed by atoms with Crippen molar-refractivity contribution < 1.29 is 9.21 Å². The Labute approximate surface area is 133 Å². The molecule has 6 heteroatoms. The summed E-state index contributed by atoms with van der Waals surface area (Å²) in [5.74, 6) is 0.745. The predicted octanol–water partition coefficient (Wildman–Crippen LogP) is 3.97. The van der Waals surface area contributed by atoms with E-state index in [2.05, 4.69) is 5.32 Å². The second kappa shape index (κ2) is 7.38. The molecule has 112 valence electrons. The van der Waals surface area contributed by atoms with E-state index in [1.165, 1.54) is 0 Å². The maximum absolute atomic E-state index is 11.9. The number of urea groups is 1. The summed E-state index contributed by atoms with van der Waals surface area (Å²) in [5, 5.41) is 4.03. The molecular weight excluding hydrogens is 311 g/mol. The Morgan fingerprint density at radius 3 is 2.62 bits per heavy atom. The average molecular weight is 327 g/mol. The van der Waals surface area contributed by atoms with Gasteiger partial charge in [0.05, 0.1) is 12.8 Å². The average Bonchev–Trinajstić information content (AvgIpc) is 2.90. The zero-order valence-corrected chi connectivity index (χ0v) is 13.1. The van der Waals surface area contributed by atoms with Crippen molar-refractivity contribution in [3.8, 4) is 0 Å². The lowest BCUT2D eigenvalue weighted by atomic mass is 10.1. The maximum Gasteiger partial charge on any atom is 0.317 e. The van der Waals surface area contributed by atoms with Crippen LogP contribution in [0, 0.1) is 0 Å². The molecule has 4 nitrogen and oxygen atoms in total. The first kappa shape index (κ1) is 15.7. The number of furan rings is 1. The van der Waals surface area contributed by atoms with Gasteiger partial charge in [0.1, 0.15) is 5.76 Å². The van der Waals surface area contributed by atoms with Gasteiger partial charge >= 0.3 is 6.03 Å². The zero-order valence-electron chi connectivity index (χ0n) is 11.6. The predicted molar refractivity (Wildman–Crippen MR) is 83.7 cm³/mol. The van der Waals surface area contributed by atoms with Crippen LogP contribution in [0.1, 0.15) is 11.3 Å². The van der Waals surface area contributed by atoms with Gasteiger partial charge in [-0.05, 0) is 42.3 Å². The van der Waals surface area contributed by atoms with Gasteiger partial charge in [-0.15, -0.1) is 0 Å². The first-order valence-corrected chi connectivity index (χ1v) is 7.26. The number of amides is 2. The van der Waals surface area contributed by atoms with E-state index in [-0.39, 0.29) is 6.03 Å². The monoisotopic (exact) mass is 326 g/mol. The minimum atomic E-state index is -0.153. The number of benzene rings is 1. The molecule has 0 saturated carbocycles. The number of rotatable bonds is 5. The fraction of sp³-hybridized carbons (Fsp3) is 0.267. The summed E-state index contributed by atoms with van der Waals surface area (Å²) < 4.78 is 5.20. The Kier molecular flexibility index (Phi) is 5.53. The molecule has 0 aliphatic carbocycles. The first-order chi connectivity index (χ1) is 10.0. The molecule has 0 spiro atoms. The minimum Gasteiger partial charge on any atom is -0.467 e. The van der Waals surface area contributed by atoms with Crippen molar-refractivity contribution in [3.05, 3.63) is 58.0 Å². The Hall–Kier alpha value is -1.65. The molecule has 2 amide bonds. The number of carbonyl (C=O) groups is 1. The van der Waals surface area contributed by atoms with E-state index in [0.29, 0.717) is 29.6 Å². The van der Waals surface area contributed by atoms with E-state index >= 15 is 0 Å². The lowest BCUT2D eigenvalue weighted by Gasteiger charge is -2.16. The van der Waals surface area contributed by atoms with Gasteiger partial charge in [-0.2, -0.15) is 0 Å². The van der Waals surface area contributed by atoms with Crippen molar-refractivity contribution in [1.82, 2.24) is 10.2 Å². The molecular formula is C15H16Cl2N2O2. The molecule has 1 aromatic carbocycles. The van der Waals surface area contributed by atoms with E-state index in [9.17, 15) is 4.79 Å². The molecule has 0 aliphatic rings. The van der Waals surface area contributed by atoms with Crippen LogP contribution in [-0.4, -0.2) is 24.5 Å². The van der Waals surface area contributed by atoms with Crippen LogP contribution in [0.15, 0.2) is 41.0 Å². The molecule has 0 unspecified atom stereocenters. The number of nitrogens with one attached hydrogen (secondary N) is 1. The molecule has 1 heterocycles. The van der Waals surface area contributed by atoms with Crippen molar-refractivity contribution in [3.63, 3.8) is 0 Å². The topological polar surface area (TPSA) is 45.5 Å². The molecule has 0 atom stereocenters. The molecule has 0 bridgehead atoms. The summed E-state index contributed by atoms with van der Waals surface area (Å²) in [6.07, 6.45) is 2.25. The fourth-order valence-electron chi connectivity index (χ4n) is 1.91. The van der Waals surface area contributed by atoms with Crippen LogP contribution >= 0.6 is 23.2 Å². The Morgan fingerprint density at radius 1 is 1.29 bits per heavy atom. The summed E-state index contributed by atoms with van der Waals surface area (Å²) in [4.78, 5) is 13.5. The highest BCUT2D eigenvalue weighted by atomic mass is 35.5. The van der Waals surface area contributed by atoms with Gasteiger partial charge in [-0.1, -0.05) is 23.2 Å². The summed E-state index contributed by atoms with van der Waals surface area (Å²) >= 11 is 11.9. The zero-order chi connectivity index (χ0) is 15.2. The molecule has 0 radical (unpaired) electrons. The van der Waals surface area contributed by atoms with Crippen LogP contribution < -0.4 is 5.32 Å². The standard InChI is InChI=1S/C15H16Cl2N2O2/c1-19(10-14-3-2-6-21-14)15(20)18-5-4-11-7-12(16)9-13(17)8-11/h2-3,6-9H,4-5,10H2,1H3,(H,18,20). The Morgan fingerprint density at radius 2 is 2.00 bits per heavy atom. The number of halogens is 2. The van der Waals surface area contributed by atoms with Crippen LogP contribution in [0.2, 0.25) is 10.0 Å². The highest BCUT2D eigenvalue weighted by Gasteiger charge is 2.09. The van der Waals surface area contributed by atoms with Crippen LogP contribution in [-0.2, 0) is 13.0 Å². The molecule has 1 aromatic heterocycles. The summed E-state index contributed by atoms with van der Waals surface area (Å²) in [5.41, 5.74) is 0.987. The number of hydrogen-bond acceptors (Lipinski definition) is 2. The normalized spacial score (nSPS) is 10.4. The van der Waals surface area contributed by atoms with E-state index in [1.54, 1.807) is 30.3 Å². The van der Waals surface area contributed by atoms with Crippen LogP contribution in [0.4, 0.5) is 4.79 Å². The molecule has 0 saturated heterocycles. The van der Waals surface area contributed by atoms with Gasteiger partial charge in [0.2, 0.25) is 0 Å². The van der Waals surface area contributed by atoms with Crippen molar-refractivity contribution in [2.24, 2.45) is 0 Å². The van der Waals surface area contributed by atoms with Crippen molar-refractivity contribution in [2.75, 3.05) is 13.6 Å². The quantitative estimate of drug-likeness (QED) is 0.903. The largest absolute Gasteiger partial charge is 0.467 e. The summed E-state index contributed by atoms with van der Waals surface area (Å²) in [6.45, 7) is 0.944. The molecule has 2 aromatic rings. The van der Waals surface area contributed by atoms with Crippen LogP contribution in [0.5, 0.6) is 0 Å². The number of nitrogens with zero attached hydrogens (tertiary/aromatic N) is 1. The van der Waals surface area contributed by atoms with Crippen LogP contribution in [0.3, 0.4) is 0 Å². The molecule has 0 aliphatic heterocycles. The van der Waals surface area contributed by atoms with E-state index in [1.807, 2.05) is 18.2 Å².